The maximum Gasteiger partial charge on any atom is 0.251 e. The number of nitrogens with zero attached hydrogens (tertiary/aromatic N) is 2. The van der Waals surface area contributed by atoms with Crippen molar-refractivity contribution in [1.29, 1.82) is 5.26 Å². The summed E-state index contributed by atoms with van der Waals surface area (Å²) in [5, 5.41) is 12.3. The number of piperidine rings is 1. The molecule has 8 heteroatoms. The first kappa shape index (κ1) is 26.5. The number of anilines is 1. The second kappa shape index (κ2) is 10.0. The van der Waals surface area contributed by atoms with Gasteiger partial charge in [0.05, 0.1) is 18.4 Å². The molecule has 4 rings (SSSR count). The van der Waals surface area contributed by atoms with Gasteiger partial charge in [-0.1, -0.05) is 27.7 Å². The zero-order valence-corrected chi connectivity index (χ0v) is 22.0. The number of methoxy groups -OCH3 is 1. The zero-order chi connectivity index (χ0) is 27.0. The molecule has 196 valence electrons. The fraction of sp³-hybridized carbons (Fsp3) is 0.483. The van der Waals surface area contributed by atoms with Gasteiger partial charge in [-0.2, -0.15) is 5.26 Å². The van der Waals surface area contributed by atoms with Crippen LogP contribution in [-0.2, 0) is 4.79 Å². The van der Waals surface area contributed by atoms with Crippen LogP contribution in [0.2, 0.25) is 0 Å². The van der Waals surface area contributed by atoms with Gasteiger partial charge in [0.25, 0.3) is 5.91 Å². The number of carbonyl (C=O) groups excluding carboxylic acids is 2. The third-order valence-corrected chi connectivity index (χ3v) is 7.94. The summed E-state index contributed by atoms with van der Waals surface area (Å²) >= 11 is 0. The Morgan fingerprint density at radius 2 is 1.81 bits per heavy atom. The van der Waals surface area contributed by atoms with E-state index in [1.165, 1.54) is 13.2 Å². The van der Waals surface area contributed by atoms with E-state index in [0.717, 1.165) is 6.29 Å². The van der Waals surface area contributed by atoms with Crippen LogP contribution in [0.4, 0.5) is 10.1 Å². The van der Waals surface area contributed by atoms with E-state index >= 15 is 0 Å². The fourth-order valence-electron chi connectivity index (χ4n) is 6.17. The lowest BCUT2D eigenvalue weighted by Crippen LogP contribution is -2.74. The van der Waals surface area contributed by atoms with Crippen LogP contribution in [0.3, 0.4) is 0 Å². The van der Waals surface area contributed by atoms with Crippen molar-refractivity contribution in [2.45, 2.75) is 52.7 Å². The van der Waals surface area contributed by atoms with E-state index in [9.17, 15) is 19.2 Å². The number of nitrogens with one attached hydrogen (secondary N) is 1. The molecule has 37 heavy (non-hydrogen) atoms. The number of carbonyl (C=O) groups is 2. The molecule has 2 aromatic rings. The first-order valence-corrected chi connectivity index (χ1v) is 12.6. The minimum absolute atomic E-state index is 0.0327. The Bertz CT molecular complexity index is 1210. The van der Waals surface area contributed by atoms with Crippen molar-refractivity contribution < 1.29 is 23.5 Å². The quantitative estimate of drug-likeness (QED) is 0.545. The lowest BCUT2D eigenvalue weighted by Gasteiger charge is -2.63. The highest BCUT2D eigenvalue weighted by molar-refractivity contribution is 5.95. The molecule has 0 spiro atoms. The number of aldehydes is 1. The number of ether oxygens (including phenoxy) is 2. The van der Waals surface area contributed by atoms with Gasteiger partial charge < -0.3 is 24.5 Å². The van der Waals surface area contributed by atoms with Crippen molar-refractivity contribution >= 4 is 17.9 Å². The predicted molar refractivity (Wildman–Crippen MR) is 138 cm³/mol. The molecular formula is C29H34FN3O4. The van der Waals surface area contributed by atoms with E-state index in [1.807, 2.05) is 32.6 Å². The van der Waals surface area contributed by atoms with Gasteiger partial charge in [0.2, 0.25) is 0 Å². The lowest BCUT2D eigenvalue weighted by molar-refractivity contribution is -0.164. The molecule has 2 aliphatic rings. The van der Waals surface area contributed by atoms with Crippen LogP contribution in [0, 0.1) is 33.9 Å². The van der Waals surface area contributed by atoms with Crippen molar-refractivity contribution in [2.24, 2.45) is 16.7 Å². The van der Waals surface area contributed by atoms with E-state index in [-0.39, 0.29) is 29.5 Å². The molecule has 1 N–H and O–H groups in total. The molecule has 1 saturated heterocycles. The van der Waals surface area contributed by atoms with Crippen LogP contribution in [-0.4, -0.2) is 44.5 Å². The van der Waals surface area contributed by atoms with Crippen molar-refractivity contribution in [3.05, 3.63) is 53.3 Å². The molecule has 2 fully saturated rings. The molecule has 1 saturated carbocycles. The van der Waals surface area contributed by atoms with E-state index in [4.69, 9.17) is 9.47 Å². The van der Waals surface area contributed by atoms with Crippen LogP contribution in [0.5, 0.6) is 11.5 Å². The Morgan fingerprint density at radius 3 is 2.38 bits per heavy atom. The number of benzene rings is 2. The van der Waals surface area contributed by atoms with E-state index in [1.54, 1.807) is 30.3 Å². The number of rotatable bonds is 7. The molecule has 1 aliphatic heterocycles. The summed E-state index contributed by atoms with van der Waals surface area (Å²) in [6, 6.07) is 11.5. The molecular weight excluding hydrogens is 473 g/mol. The van der Waals surface area contributed by atoms with Crippen LogP contribution < -0.4 is 19.7 Å². The van der Waals surface area contributed by atoms with Gasteiger partial charge in [0, 0.05) is 47.5 Å². The van der Waals surface area contributed by atoms with Crippen molar-refractivity contribution in [1.82, 2.24) is 5.32 Å². The standard InChI is InChI=1S/C29H34FN3O4/c1-28(2)26(29(3,4)27(28)37-21-8-6-20(16-31)24(15-21)36-5)32-25(35)19-7-9-23(22(30)14-19)33-12-10-18(17-34)11-13-33/h6-9,14-15,17-18,26-27H,10-13H2,1-5H3,(H,32,35). The summed E-state index contributed by atoms with van der Waals surface area (Å²) < 4.78 is 26.6. The van der Waals surface area contributed by atoms with Gasteiger partial charge in [0.1, 0.15) is 35.8 Å². The van der Waals surface area contributed by atoms with Gasteiger partial charge >= 0.3 is 0 Å². The van der Waals surface area contributed by atoms with Crippen molar-refractivity contribution in [3.8, 4) is 17.6 Å². The number of hydrogen-bond acceptors (Lipinski definition) is 6. The highest BCUT2D eigenvalue weighted by Crippen LogP contribution is 2.55. The van der Waals surface area contributed by atoms with E-state index in [2.05, 4.69) is 11.4 Å². The molecule has 1 aliphatic carbocycles. The van der Waals surface area contributed by atoms with Gasteiger partial charge in [-0.15, -0.1) is 0 Å². The Morgan fingerprint density at radius 1 is 1.14 bits per heavy atom. The average molecular weight is 508 g/mol. The minimum atomic E-state index is -0.444. The number of hydrogen-bond donors (Lipinski definition) is 1. The van der Waals surface area contributed by atoms with Crippen LogP contribution in [0.25, 0.3) is 0 Å². The van der Waals surface area contributed by atoms with Crippen molar-refractivity contribution in [2.75, 3.05) is 25.1 Å². The van der Waals surface area contributed by atoms with Crippen molar-refractivity contribution in [3.63, 3.8) is 0 Å². The molecule has 1 heterocycles. The zero-order valence-electron chi connectivity index (χ0n) is 22.0. The van der Waals surface area contributed by atoms with Gasteiger partial charge in [-0.3, -0.25) is 4.79 Å². The predicted octanol–water partition coefficient (Wildman–Crippen LogP) is 4.73. The first-order valence-electron chi connectivity index (χ1n) is 12.6. The molecule has 7 nitrogen and oxygen atoms in total. The third-order valence-electron chi connectivity index (χ3n) is 7.94. The molecule has 1 amide bonds. The van der Waals surface area contributed by atoms with Crippen LogP contribution in [0.1, 0.15) is 56.5 Å². The van der Waals surface area contributed by atoms with E-state index < -0.39 is 16.6 Å². The maximum absolute atomic E-state index is 15.0. The maximum atomic E-state index is 15.0. The van der Waals surface area contributed by atoms with Crippen LogP contribution >= 0.6 is 0 Å². The first-order chi connectivity index (χ1) is 17.5. The summed E-state index contributed by atoms with van der Waals surface area (Å²) in [5.41, 5.74) is 0.313. The second-order valence-electron chi connectivity index (χ2n) is 11.1. The summed E-state index contributed by atoms with van der Waals surface area (Å²) in [6.45, 7) is 9.34. The monoisotopic (exact) mass is 507 g/mol. The molecule has 0 unspecified atom stereocenters. The normalized spacial score (nSPS) is 22.4. The second-order valence-corrected chi connectivity index (χ2v) is 11.1. The Balaban J connectivity index is 1.45. The Hall–Kier alpha value is -3.60. The topological polar surface area (TPSA) is 91.7 Å². The molecule has 0 aromatic heterocycles. The fourth-order valence-corrected chi connectivity index (χ4v) is 6.17. The molecule has 2 aromatic carbocycles. The molecule has 0 radical (unpaired) electrons. The largest absolute Gasteiger partial charge is 0.495 e. The minimum Gasteiger partial charge on any atom is -0.495 e. The smallest absolute Gasteiger partial charge is 0.251 e. The van der Waals surface area contributed by atoms with Gasteiger partial charge in [-0.25, -0.2) is 4.39 Å². The lowest BCUT2D eigenvalue weighted by atomic mass is 9.49. The van der Waals surface area contributed by atoms with Gasteiger partial charge in [-0.05, 0) is 43.2 Å². The molecule has 0 bridgehead atoms. The highest BCUT2D eigenvalue weighted by atomic mass is 19.1. The Labute approximate surface area is 217 Å². The number of halogens is 1. The summed E-state index contributed by atoms with van der Waals surface area (Å²) in [7, 11) is 1.51. The Kier molecular flexibility index (Phi) is 7.18. The summed E-state index contributed by atoms with van der Waals surface area (Å²) in [6.07, 6.45) is 2.16. The SMILES string of the molecule is COc1cc(OC2C(C)(C)C(NC(=O)c3ccc(N4CCC(C=O)CC4)c(F)c3)C2(C)C)ccc1C#N. The van der Waals surface area contributed by atoms with E-state index in [0.29, 0.717) is 48.7 Å². The summed E-state index contributed by atoms with van der Waals surface area (Å²) in [4.78, 5) is 26.1. The number of nitriles is 1. The van der Waals surface area contributed by atoms with Crippen LogP contribution in [0.15, 0.2) is 36.4 Å². The summed E-state index contributed by atoms with van der Waals surface area (Å²) in [5.74, 6) is 0.278. The highest BCUT2D eigenvalue weighted by Gasteiger charge is 2.64. The number of amides is 1. The average Bonchev–Trinajstić information content (AvgIpc) is 2.89. The third kappa shape index (κ3) is 4.87. The molecule has 0 atom stereocenters. The van der Waals surface area contributed by atoms with Gasteiger partial charge in [0.15, 0.2) is 0 Å².